The minimum absolute atomic E-state index is 0.0183. The van der Waals surface area contributed by atoms with Crippen molar-refractivity contribution in [3.8, 4) is 0 Å². The number of ether oxygens (including phenoxy) is 1. The zero-order valence-corrected chi connectivity index (χ0v) is 17.0. The normalized spacial score (nSPS) is 21.3. The van der Waals surface area contributed by atoms with Crippen LogP contribution >= 0.6 is 0 Å². The van der Waals surface area contributed by atoms with Crippen molar-refractivity contribution in [2.45, 2.75) is 43.9 Å². The number of piperidine rings is 1. The molecule has 0 bridgehead atoms. The Bertz CT molecular complexity index is 978. The molecule has 4 heterocycles. The Kier molecular flexibility index (Phi) is 5.23. The van der Waals surface area contributed by atoms with E-state index in [1.807, 2.05) is 0 Å². The van der Waals surface area contributed by atoms with Crippen LogP contribution in [0.5, 0.6) is 0 Å². The average Bonchev–Trinajstić information content (AvgIpc) is 3.39. The lowest BCUT2D eigenvalue weighted by molar-refractivity contribution is -0.0764. The van der Waals surface area contributed by atoms with Gasteiger partial charge in [-0.05, 0) is 37.3 Å². The summed E-state index contributed by atoms with van der Waals surface area (Å²) in [4.78, 5) is 19.2. The second-order valence-electron chi connectivity index (χ2n) is 8.39. The minimum Gasteiger partial charge on any atom is -0.370 e. The van der Waals surface area contributed by atoms with Gasteiger partial charge in [0.25, 0.3) is 5.91 Å². The van der Waals surface area contributed by atoms with E-state index in [-0.39, 0.29) is 17.6 Å². The first-order chi connectivity index (χ1) is 14.7. The number of nitrogens with zero attached hydrogens (tertiary/aromatic N) is 4. The second-order valence-corrected chi connectivity index (χ2v) is 8.39. The number of benzene rings is 1. The topological polar surface area (TPSA) is 71.8 Å². The molecule has 1 atom stereocenters. The average molecular weight is 406 g/mol. The lowest BCUT2D eigenvalue weighted by atomic mass is 9.88. The van der Waals surface area contributed by atoms with E-state index in [0.29, 0.717) is 17.9 Å². The fourth-order valence-corrected chi connectivity index (χ4v) is 4.61. The molecule has 1 amide bonds. The Morgan fingerprint density at radius 2 is 2.00 bits per heavy atom. The minimum atomic E-state index is -0.178. The molecule has 1 aromatic carbocycles. The van der Waals surface area contributed by atoms with Gasteiger partial charge >= 0.3 is 0 Å². The molecule has 0 radical (unpaired) electrons. The van der Waals surface area contributed by atoms with Gasteiger partial charge in [-0.15, -0.1) is 0 Å². The molecular weight excluding hydrogens is 378 g/mol. The Morgan fingerprint density at radius 3 is 2.80 bits per heavy atom. The Balaban J connectivity index is 1.11. The van der Waals surface area contributed by atoms with E-state index >= 15 is 0 Å². The monoisotopic (exact) mass is 405 g/mol. The quantitative estimate of drug-likeness (QED) is 0.707. The molecule has 2 saturated heterocycles. The van der Waals surface area contributed by atoms with E-state index in [0.717, 1.165) is 45.3 Å². The Morgan fingerprint density at radius 1 is 1.17 bits per heavy atom. The SMILES string of the molecule is O=C(NCC1CCC2(CCN(Cc3ccccc3)CC2)O1)c1cc2ncccn2n1. The highest BCUT2D eigenvalue weighted by atomic mass is 16.5. The lowest BCUT2D eigenvalue weighted by Gasteiger charge is -2.39. The molecule has 5 rings (SSSR count). The van der Waals surface area contributed by atoms with Crippen molar-refractivity contribution >= 4 is 11.6 Å². The molecule has 156 valence electrons. The number of likely N-dealkylation sites (tertiary alicyclic amines) is 1. The third-order valence-electron chi connectivity index (χ3n) is 6.31. The molecule has 7 nitrogen and oxygen atoms in total. The van der Waals surface area contributed by atoms with E-state index in [1.54, 1.807) is 29.0 Å². The van der Waals surface area contributed by atoms with Gasteiger partial charge in [0, 0.05) is 44.6 Å². The maximum Gasteiger partial charge on any atom is 0.271 e. The summed E-state index contributed by atoms with van der Waals surface area (Å²) in [6.45, 7) is 3.64. The summed E-state index contributed by atoms with van der Waals surface area (Å²) < 4.78 is 8.06. The van der Waals surface area contributed by atoms with Crippen molar-refractivity contribution in [3.05, 3.63) is 66.1 Å². The number of amides is 1. The van der Waals surface area contributed by atoms with Crippen LogP contribution in [-0.4, -0.2) is 56.7 Å². The largest absolute Gasteiger partial charge is 0.370 e. The van der Waals surface area contributed by atoms with Crippen molar-refractivity contribution in [2.24, 2.45) is 0 Å². The van der Waals surface area contributed by atoms with E-state index in [9.17, 15) is 4.79 Å². The molecule has 2 aromatic heterocycles. The number of hydrogen-bond acceptors (Lipinski definition) is 5. The molecule has 7 heteroatoms. The van der Waals surface area contributed by atoms with Crippen LogP contribution in [0, 0.1) is 0 Å². The van der Waals surface area contributed by atoms with Gasteiger partial charge < -0.3 is 10.1 Å². The van der Waals surface area contributed by atoms with E-state index in [4.69, 9.17) is 4.74 Å². The molecule has 0 aliphatic carbocycles. The Labute approximate surface area is 176 Å². The molecule has 30 heavy (non-hydrogen) atoms. The van der Waals surface area contributed by atoms with Gasteiger partial charge in [-0.3, -0.25) is 9.69 Å². The summed E-state index contributed by atoms with van der Waals surface area (Å²) in [5.74, 6) is -0.178. The van der Waals surface area contributed by atoms with Crippen LogP contribution in [0.3, 0.4) is 0 Å². The van der Waals surface area contributed by atoms with Gasteiger partial charge in [-0.2, -0.15) is 5.10 Å². The molecule has 2 aliphatic rings. The van der Waals surface area contributed by atoms with Gasteiger partial charge in [0.05, 0.1) is 11.7 Å². The zero-order valence-electron chi connectivity index (χ0n) is 17.0. The van der Waals surface area contributed by atoms with Crippen LogP contribution in [-0.2, 0) is 11.3 Å². The van der Waals surface area contributed by atoms with Crippen LogP contribution in [0.15, 0.2) is 54.9 Å². The van der Waals surface area contributed by atoms with Crippen LogP contribution in [0.4, 0.5) is 0 Å². The summed E-state index contributed by atoms with van der Waals surface area (Å²) in [6.07, 6.45) is 7.73. The number of nitrogens with one attached hydrogen (secondary N) is 1. The molecule has 1 unspecified atom stereocenters. The summed E-state index contributed by atoms with van der Waals surface area (Å²) in [6, 6.07) is 14.1. The van der Waals surface area contributed by atoms with Crippen LogP contribution in [0.1, 0.15) is 41.7 Å². The Hall–Kier alpha value is -2.77. The number of hydrogen-bond donors (Lipinski definition) is 1. The summed E-state index contributed by atoms with van der Waals surface area (Å²) in [5.41, 5.74) is 2.40. The number of carbonyl (C=O) groups is 1. The number of aromatic nitrogens is 3. The van der Waals surface area contributed by atoms with E-state index in [2.05, 4.69) is 50.6 Å². The van der Waals surface area contributed by atoms with Gasteiger partial charge in [-0.25, -0.2) is 9.50 Å². The highest BCUT2D eigenvalue weighted by Crippen LogP contribution is 2.39. The van der Waals surface area contributed by atoms with Crippen LogP contribution < -0.4 is 5.32 Å². The molecular formula is C23H27N5O2. The fourth-order valence-electron chi connectivity index (χ4n) is 4.61. The maximum absolute atomic E-state index is 12.5. The molecule has 2 aliphatic heterocycles. The van der Waals surface area contributed by atoms with Crippen molar-refractivity contribution in [1.82, 2.24) is 24.8 Å². The van der Waals surface area contributed by atoms with Crippen molar-refractivity contribution in [3.63, 3.8) is 0 Å². The van der Waals surface area contributed by atoms with Crippen molar-refractivity contribution in [1.29, 1.82) is 0 Å². The van der Waals surface area contributed by atoms with Gasteiger partial charge in [0.2, 0.25) is 0 Å². The second kappa shape index (κ2) is 8.16. The first kappa shape index (κ1) is 19.2. The van der Waals surface area contributed by atoms with Gasteiger partial charge in [0.15, 0.2) is 11.3 Å². The van der Waals surface area contributed by atoms with E-state index < -0.39 is 0 Å². The zero-order chi connectivity index (χ0) is 20.4. The van der Waals surface area contributed by atoms with Gasteiger partial charge in [0.1, 0.15) is 0 Å². The molecule has 3 aromatic rings. The predicted molar refractivity (Wildman–Crippen MR) is 113 cm³/mol. The highest BCUT2D eigenvalue weighted by molar-refractivity contribution is 5.93. The van der Waals surface area contributed by atoms with Crippen molar-refractivity contribution < 1.29 is 9.53 Å². The molecule has 2 fully saturated rings. The fraction of sp³-hybridized carbons (Fsp3) is 0.435. The number of fused-ring (bicyclic) bond motifs is 1. The van der Waals surface area contributed by atoms with Crippen LogP contribution in [0.2, 0.25) is 0 Å². The van der Waals surface area contributed by atoms with E-state index in [1.165, 1.54) is 5.56 Å². The lowest BCUT2D eigenvalue weighted by Crippen LogP contribution is -2.44. The smallest absolute Gasteiger partial charge is 0.271 e. The molecule has 1 N–H and O–H groups in total. The van der Waals surface area contributed by atoms with Crippen molar-refractivity contribution in [2.75, 3.05) is 19.6 Å². The first-order valence-corrected chi connectivity index (χ1v) is 10.7. The standard InChI is InChI=1S/C23H27N5O2/c29-22(20-15-21-24-11-4-12-28(21)26-20)25-16-19-7-8-23(30-19)9-13-27(14-10-23)17-18-5-2-1-3-6-18/h1-6,11-12,15,19H,7-10,13-14,16-17H2,(H,25,29). The van der Waals surface area contributed by atoms with Crippen LogP contribution in [0.25, 0.3) is 5.65 Å². The summed E-state index contributed by atoms with van der Waals surface area (Å²) >= 11 is 0. The first-order valence-electron chi connectivity index (χ1n) is 10.7. The van der Waals surface area contributed by atoms with Gasteiger partial charge in [-0.1, -0.05) is 30.3 Å². The highest BCUT2D eigenvalue weighted by Gasteiger charge is 2.42. The number of carbonyl (C=O) groups excluding carboxylic acids is 1. The molecule has 1 spiro atoms. The molecule has 0 saturated carbocycles. The predicted octanol–water partition coefficient (Wildman–Crippen LogP) is 2.67. The maximum atomic E-state index is 12.5. The third kappa shape index (κ3) is 4.08. The summed E-state index contributed by atoms with van der Waals surface area (Å²) in [5, 5.41) is 7.27. The summed E-state index contributed by atoms with van der Waals surface area (Å²) in [7, 11) is 0. The number of rotatable bonds is 5. The third-order valence-corrected chi connectivity index (χ3v) is 6.31.